The van der Waals surface area contributed by atoms with Crippen LogP contribution in [-0.2, 0) is 10.0 Å². The van der Waals surface area contributed by atoms with Gasteiger partial charge in [0.05, 0.1) is 0 Å². The quantitative estimate of drug-likeness (QED) is 0.900. The third-order valence-electron chi connectivity index (χ3n) is 2.32. The van der Waals surface area contributed by atoms with E-state index in [0.29, 0.717) is 4.31 Å². The molecule has 0 fully saturated rings. The topological polar surface area (TPSA) is 76.3 Å². The number of nitrogens with zero attached hydrogens (tertiary/aromatic N) is 2. The second-order valence-electron chi connectivity index (χ2n) is 4.73. The van der Waals surface area contributed by atoms with Crippen molar-refractivity contribution in [3.05, 3.63) is 18.3 Å². The average molecular weight is 311 g/mol. The van der Waals surface area contributed by atoms with Gasteiger partial charge in [-0.25, -0.2) is 13.4 Å². The van der Waals surface area contributed by atoms with Crippen LogP contribution in [0.3, 0.4) is 0 Å². The lowest BCUT2D eigenvalue weighted by molar-refractivity contribution is -0.136. The molecule has 0 unspecified atom stereocenters. The molecule has 1 aromatic heterocycles. The van der Waals surface area contributed by atoms with Gasteiger partial charge in [0.1, 0.15) is 17.3 Å². The van der Waals surface area contributed by atoms with Crippen LogP contribution in [0.15, 0.2) is 23.2 Å². The molecule has 0 atom stereocenters. The van der Waals surface area contributed by atoms with E-state index in [1.807, 2.05) is 0 Å². The normalized spacial score (nSPS) is 13.2. The van der Waals surface area contributed by atoms with E-state index < -0.39 is 22.7 Å². The smallest absolute Gasteiger partial charge is 0.384 e. The van der Waals surface area contributed by atoms with Crippen molar-refractivity contribution in [3.8, 4) is 0 Å². The number of hydrogen-bond acceptors (Lipinski definition) is 4. The van der Waals surface area contributed by atoms with Crippen molar-refractivity contribution < 1.29 is 21.6 Å². The second kappa shape index (κ2) is 5.96. The van der Waals surface area contributed by atoms with Crippen LogP contribution in [0.25, 0.3) is 0 Å². The van der Waals surface area contributed by atoms with Crippen molar-refractivity contribution in [1.82, 2.24) is 9.29 Å². The summed E-state index contributed by atoms with van der Waals surface area (Å²) in [5.41, 5.74) is 5.33. The molecule has 1 heterocycles. The Kier molecular flexibility index (Phi) is 4.98. The van der Waals surface area contributed by atoms with E-state index in [2.05, 4.69) is 4.98 Å². The van der Waals surface area contributed by atoms with E-state index >= 15 is 0 Å². The van der Waals surface area contributed by atoms with Gasteiger partial charge in [0, 0.05) is 12.7 Å². The van der Waals surface area contributed by atoms with E-state index in [0.717, 1.165) is 12.3 Å². The van der Waals surface area contributed by atoms with Gasteiger partial charge in [0.25, 0.3) is 0 Å². The van der Waals surface area contributed by atoms with Gasteiger partial charge in [-0.2, -0.15) is 17.5 Å². The SMILES string of the molecule is CC(C)CN(CC(F)(F)F)S(=O)(=O)c1ccc(N)nc1. The van der Waals surface area contributed by atoms with E-state index in [-0.39, 0.29) is 23.2 Å². The summed E-state index contributed by atoms with van der Waals surface area (Å²) >= 11 is 0. The van der Waals surface area contributed by atoms with Gasteiger partial charge in [0.15, 0.2) is 0 Å². The highest BCUT2D eigenvalue weighted by Gasteiger charge is 2.37. The predicted molar refractivity (Wildman–Crippen MR) is 68.3 cm³/mol. The maximum Gasteiger partial charge on any atom is 0.402 e. The van der Waals surface area contributed by atoms with Gasteiger partial charge < -0.3 is 5.73 Å². The van der Waals surface area contributed by atoms with E-state index in [1.165, 1.54) is 6.07 Å². The number of anilines is 1. The predicted octanol–water partition coefficient (Wildman–Crippen LogP) is 1.87. The fourth-order valence-electron chi connectivity index (χ4n) is 1.55. The van der Waals surface area contributed by atoms with Crippen LogP contribution in [0.4, 0.5) is 19.0 Å². The molecular weight excluding hydrogens is 295 g/mol. The number of alkyl halides is 3. The fraction of sp³-hybridized carbons (Fsp3) is 0.545. The van der Waals surface area contributed by atoms with E-state index in [9.17, 15) is 21.6 Å². The Bertz CT molecular complexity index is 541. The number of nitrogens with two attached hydrogens (primary N) is 1. The molecule has 0 saturated heterocycles. The second-order valence-corrected chi connectivity index (χ2v) is 6.66. The maximum absolute atomic E-state index is 12.5. The van der Waals surface area contributed by atoms with Crippen molar-refractivity contribution in [2.75, 3.05) is 18.8 Å². The number of sulfonamides is 1. The van der Waals surface area contributed by atoms with Crippen molar-refractivity contribution in [2.45, 2.75) is 24.9 Å². The third-order valence-corrected chi connectivity index (χ3v) is 4.12. The lowest BCUT2D eigenvalue weighted by atomic mass is 10.2. The summed E-state index contributed by atoms with van der Waals surface area (Å²) in [6, 6.07) is 2.37. The number of nitrogen functional groups attached to an aromatic ring is 1. The summed E-state index contributed by atoms with van der Waals surface area (Å²) in [5, 5.41) is 0. The van der Waals surface area contributed by atoms with Crippen LogP contribution in [0.1, 0.15) is 13.8 Å². The number of hydrogen-bond donors (Lipinski definition) is 1. The van der Waals surface area contributed by atoms with Gasteiger partial charge in [0.2, 0.25) is 10.0 Å². The van der Waals surface area contributed by atoms with Gasteiger partial charge in [-0.15, -0.1) is 0 Å². The molecule has 0 aliphatic rings. The van der Waals surface area contributed by atoms with Gasteiger partial charge in [-0.05, 0) is 18.1 Å². The Hall–Kier alpha value is -1.35. The van der Waals surface area contributed by atoms with Crippen molar-refractivity contribution >= 4 is 15.8 Å². The summed E-state index contributed by atoms with van der Waals surface area (Å²) in [5.74, 6) is -0.149. The first-order valence-electron chi connectivity index (χ1n) is 5.81. The van der Waals surface area contributed by atoms with Crippen LogP contribution < -0.4 is 5.73 Å². The minimum Gasteiger partial charge on any atom is -0.384 e. The number of halogens is 3. The molecule has 1 rings (SSSR count). The van der Waals surface area contributed by atoms with E-state index in [4.69, 9.17) is 5.73 Å². The van der Waals surface area contributed by atoms with Crippen LogP contribution >= 0.6 is 0 Å². The minimum absolute atomic E-state index is 0.0928. The molecule has 0 amide bonds. The van der Waals surface area contributed by atoms with Crippen LogP contribution in [-0.4, -0.2) is 37.0 Å². The maximum atomic E-state index is 12.5. The lowest BCUT2D eigenvalue weighted by Gasteiger charge is -2.24. The zero-order chi connectivity index (χ0) is 15.6. The summed E-state index contributed by atoms with van der Waals surface area (Å²) in [6.07, 6.45) is -3.66. The first-order chi connectivity index (χ1) is 9.02. The minimum atomic E-state index is -4.61. The summed E-state index contributed by atoms with van der Waals surface area (Å²) in [4.78, 5) is 3.29. The van der Waals surface area contributed by atoms with Crippen LogP contribution in [0, 0.1) is 5.92 Å². The molecule has 0 saturated carbocycles. The monoisotopic (exact) mass is 311 g/mol. The zero-order valence-electron chi connectivity index (χ0n) is 11.1. The molecule has 9 heteroatoms. The molecule has 20 heavy (non-hydrogen) atoms. The highest BCUT2D eigenvalue weighted by Crippen LogP contribution is 2.23. The molecule has 0 aliphatic carbocycles. The highest BCUT2D eigenvalue weighted by atomic mass is 32.2. The number of pyridine rings is 1. The molecule has 0 aliphatic heterocycles. The molecular formula is C11H16F3N3O2S. The molecule has 2 N–H and O–H groups in total. The van der Waals surface area contributed by atoms with Crippen LogP contribution in [0.5, 0.6) is 0 Å². The van der Waals surface area contributed by atoms with Crippen LogP contribution in [0.2, 0.25) is 0 Å². The zero-order valence-corrected chi connectivity index (χ0v) is 11.9. The Balaban J connectivity index is 3.13. The van der Waals surface area contributed by atoms with Crippen molar-refractivity contribution in [3.63, 3.8) is 0 Å². The Morgan fingerprint density at radius 1 is 1.35 bits per heavy atom. The first kappa shape index (κ1) is 16.7. The lowest BCUT2D eigenvalue weighted by Crippen LogP contribution is -2.41. The van der Waals surface area contributed by atoms with Gasteiger partial charge in [-0.1, -0.05) is 13.8 Å². The Labute approximate surface area is 115 Å². The molecule has 114 valence electrons. The summed E-state index contributed by atoms with van der Waals surface area (Å²) in [6.45, 7) is 1.52. The standard InChI is InChI=1S/C11H16F3N3O2S/c1-8(2)6-17(7-11(12,13)14)20(18,19)9-3-4-10(15)16-5-9/h3-5,8H,6-7H2,1-2H3,(H2,15,16). The number of rotatable bonds is 5. The van der Waals surface area contributed by atoms with Crippen molar-refractivity contribution in [2.24, 2.45) is 5.92 Å². The van der Waals surface area contributed by atoms with Gasteiger partial charge in [-0.3, -0.25) is 0 Å². The number of aromatic nitrogens is 1. The third kappa shape index (κ3) is 4.64. The summed E-state index contributed by atoms with van der Waals surface area (Å²) in [7, 11) is -4.25. The Morgan fingerprint density at radius 2 is 1.95 bits per heavy atom. The fourth-order valence-corrected chi connectivity index (χ4v) is 3.08. The Morgan fingerprint density at radius 3 is 2.35 bits per heavy atom. The van der Waals surface area contributed by atoms with Gasteiger partial charge >= 0.3 is 6.18 Å². The van der Waals surface area contributed by atoms with Crippen molar-refractivity contribution in [1.29, 1.82) is 0 Å². The molecule has 0 radical (unpaired) electrons. The molecule has 1 aromatic rings. The highest BCUT2D eigenvalue weighted by molar-refractivity contribution is 7.89. The largest absolute Gasteiger partial charge is 0.402 e. The van der Waals surface area contributed by atoms with E-state index in [1.54, 1.807) is 13.8 Å². The molecule has 0 aromatic carbocycles. The molecule has 0 spiro atoms. The molecule has 0 bridgehead atoms. The average Bonchev–Trinajstić information content (AvgIpc) is 2.26. The first-order valence-corrected chi connectivity index (χ1v) is 7.25. The molecule has 5 nitrogen and oxygen atoms in total. The summed E-state index contributed by atoms with van der Waals surface area (Å²) < 4.78 is 62.4.